The number of imide groups is 2. The van der Waals surface area contributed by atoms with E-state index in [0.717, 1.165) is 96.0 Å². The third-order valence-electron chi connectivity index (χ3n) is 12.8. The second kappa shape index (κ2) is 16.5. The highest BCUT2D eigenvalue weighted by Crippen LogP contribution is 2.39. The van der Waals surface area contributed by atoms with Gasteiger partial charge in [0.1, 0.15) is 0 Å². The molecule has 4 N–H and O–H groups in total. The van der Waals surface area contributed by atoms with Crippen molar-refractivity contribution < 1.29 is 19.2 Å². The molecule has 328 valence electrons. The summed E-state index contributed by atoms with van der Waals surface area (Å²) in [5.74, 6) is -0.543. The highest BCUT2D eigenvalue weighted by Gasteiger charge is 2.37. The highest BCUT2D eigenvalue weighted by atomic mass is 16.2. The molecule has 0 atom stereocenters. The average Bonchev–Trinajstić information content (AvgIpc) is 4.10. The SMILES string of the molecule is CN1CCN(c2nc(C3=C(c4c[nH]c5ccccc45)C(=O)NC3=O)c3ccccc3n2)CC1.CN1CCN(c2nc(C3=C(c4c[nH]c5ccccc45)C(=O)NC3=O)c3ccccc3n2)CC1. The molecule has 0 aliphatic carbocycles. The fraction of sp³-hybridized carbons (Fsp3) is 0.200. The van der Waals surface area contributed by atoms with E-state index in [9.17, 15) is 19.2 Å². The molecule has 0 spiro atoms. The monoisotopic (exact) mass is 876 g/mol. The number of para-hydroxylation sites is 4. The molecule has 0 saturated carbocycles. The third kappa shape index (κ3) is 7.12. The lowest BCUT2D eigenvalue weighted by Gasteiger charge is -2.32. The van der Waals surface area contributed by atoms with E-state index < -0.39 is 23.6 Å². The molecule has 4 aliphatic heterocycles. The molecular weight excluding hydrogens is 833 g/mol. The van der Waals surface area contributed by atoms with Crippen molar-refractivity contribution in [3.05, 3.63) is 132 Å². The maximum absolute atomic E-state index is 13.1. The van der Waals surface area contributed by atoms with Gasteiger partial charge in [-0.3, -0.25) is 29.8 Å². The number of aromatic nitrogens is 6. The summed E-state index contributed by atoms with van der Waals surface area (Å²) in [7, 11) is 4.19. The number of nitrogens with zero attached hydrogens (tertiary/aromatic N) is 8. The van der Waals surface area contributed by atoms with Gasteiger partial charge >= 0.3 is 0 Å². The van der Waals surface area contributed by atoms with Crippen LogP contribution in [-0.4, -0.2) is 130 Å². The van der Waals surface area contributed by atoms with Crippen LogP contribution in [0, 0.1) is 0 Å². The third-order valence-corrected chi connectivity index (χ3v) is 12.8. The van der Waals surface area contributed by atoms with E-state index in [4.69, 9.17) is 19.9 Å². The number of aromatic amines is 2. The Bertz CT molecular complexity index is 3150. The minimum absolute atomic E-state index is 0.290. The van der Waals surface area contributed by atoms with Crippen molar-refractivity contribution in [2.45, 2.75) is 0 Å². The van der Waals surface area contributed by atoms with Crippen molar-refractivity contribution in [3.8, 4) is 0 Å². The van der Waals surface area contributed by atoms with Crippen molar-refractivity contribution in [2.75, 3.05) is 76.3 Å². The molecule has 8 aromatic rings. The van der Waals surface area contributed by atoms with Crippen LogP contribution in [0.4, 0.5) is 11.9 Å². The smallest absolute Gasteiger partial charge is 0.261 e. The van der Waals surface area contributed by atoms with Crippen LogP contribution in [0.3, 0.4) is 0 Å². The van der Waals surface area contributed by atoms with Crippen LogP contribution in [-0.2, 0) is 19.2 Å². The fourth-order valence-corrected chi connectivity index (χ4v) is 9.24. The summed E-state index contributed by atoms with van der Waals surface area (Å²) in [4.78, 5) is 86.8. The minimum Gasteiger partial charge on any atom is -0.361 e. The molecule has 0 radical (unpaired) electrons. The zero-order chi connectivity index (χ0) is 45.1. The number of amides is 4. The topological polar surface area (TPSA) is 188 Å². The fourth-order valence-electron chi connectivity index (χ4n) is 9.24. The Morgan fingerprint density at radius 1 is 0.409 bits per heavy atom. The first kappa shape index (κ1) is 40.7. The maximum Gasteiger partial charge on any atom is 0.261 e. The molecule has 4 aromatic heterocycles. The second-order valence-corrected chi connectivity index (χ2v) is 16.9. The van der Waals surface area contributed by atoms with E-state index in [2.05, 4.69) is 54.3 Å². The molecule has 16 nitrogen and oxygen atoms in total. The molecule has 0 bridgehead atoms. The Morgan fingerprint density at radius 2 is 0.758 bits per heavy atom. The Balaban J connectivity index is 0.000000146. The van der Waals surface area contributed by atoms with E-state index in [0.29, 0.717) is 56.7 Å². The number of fused-ring (bicyclic) bond motifs is 4. The zero-order valence-corrected chi connectivity index (χ0v) is 36.3. The number of hydrogen-bond acceptors (Lipinski definition) is 12. The van der Waals surface area contributed by atoms with Crippen LogP contribution in [0.5, 0.6) is 0 Å². The first-order chi connectivity index (χ1) is 32.2. The Labute approximate surface area is 378 Å². The lowest BCUT2D eigenvalue weighted by atomic mass is 9.97. The normalized spacial score (nSPS) is 17.4. The van der Waals surface area contributed by atoms with Crippen LogP contribution in [0.15, 0.2) is 109 Å². The average molecular weight is 877 g/mol. The first-order valence-corrected chi connectivity index (χ1v) is 21.9. The summed E-state index contributed by atoms with van der Waals surface area (Å²) in [6, 6.07) is 30.7. The largest absolute Gasteiger partial charge is 0.361 e. The van der Waals surface area contributed by atoms with Gasteiger partial charge in [-0.2, -0.15) is 0 Å². The number of carbonyl (C=O) groups is 4. The molecule has 4 aromatic carbocycles. The lowest BCUT2D eigenvalue weighted by molar-refractivity contribution is -0.124. The molecule has 8 heterocycles. The summed E-state index contributed by atoms with van der Waals surface area (Å²) < 4.78 is 0. The van der Waals surface area contributed by atoms with Crippen LogP contribution in [0.25, 0.3) is 65.9 Å². The van der Waals surface area contributed by atoms with Gasteiger partial charge in [-0.15, -0.1) is 0 Å². The van der Waals surface area contributed by atoms with Crippen molar-refractivity contribution in [2.24, 2.45) is 0 Å². The van der Waals surface area contributed by atoms with Gasteiger partial charge in [0.25, 0.3) is 23.6 Å². The maximum atomic E-state index is 13.1. The standard InChI is InChI=1S/2C25H22N6O2/c2*1-30-10-12-31(13-11-30)25-27-19-9-5-3-7-16(19)22(28-25)21-20(23(32)29-24(21)33)17-14-26-18-8-4-2-6-15(17)18/h2*2-9,14,26H,10-13H2,1H3,(H,29,32,33). The summed E-state index contributed by atoms with van der Waals surface area (Å²) in [6.45, 7) is 6.84. The number of H-pyrrole nitrogens is 2. The number of nitrogens with one attached hydrogen (secondary N) is 4. The van der Waals surface area contributed by atoms with Crippen LogP contribution >= 0.6 is 0 Å². The van der Waals surface area contributed by atoms with Crippen molar-refractivity contribution in [1.82, 2.24) is 50.3 Å². The van der Waals surface area contributed by atoms with E-state index in [1.54, 1.807) is 12.4 Å². The summed E-state index contributed by atoms with van der Waals surface area (Å²) in [5.41, 5.74) is 6.89. The van der Waals surface area contributed by atoms with Crippen molar-refractivity contribution in [3.63, 3.8) is 0 Å². The van der Waals surface area contributed by atoms with Gasteiger partial charge in [0, 0.05) is 108 Å². The van der Waals surface area contributed by atoms with Gasteiger partial charge in [0.2, 0.25) is 11.9 Å². The predicted molar refractivity (Wildman–Crippen MR) is 255 cm³/mol. The molecule has 4 amide bonds. The number of likely N-dealkylation sites (N-methyl/N-ethyl adjacent to an activating group) is 2. The predicted octanol–water partition coefficient (Wildman–Crippen LogP) is 4.86. The first-order valence-electron chi connectivity index (χ1n) is 21.9. The van der Waals surface area contributed by atoms with Gasteiger partial charge in [-0.05, 0) is 38.4 Å². The van der Waals surface area contributed by atoms with Gasteiger partial charge in [0.15, 0.2) is 0 Å². The lowest BCUT2D eigenvalue weighted by Crippen LogP contribution is -2.45. The summed E-state index contributed by atoms with van der Waals surface area (Å²) >= 11 is 0. The Morgan fingerprint density at radius 3 is 1.17 bits per heavy atom. The van der Waals surface area contributed by atoms with Crippen molar-refractivity contribution in [1.29, 1.82) is 0 Å². The van der Waals surface area contributed by atoms with Gasteiger partial charge in [-0.25, -0.2) is 19.9 Å². The molecule has 2 fully saturated rings. The zero-order valence-electron chi connectivity index (χ0n) is 36.3. The summed E-state index contributed by atoms with van der Waals surface area (Å²) in [5, 5.41) is 8.23. The highest BCUT2D eigenvalue weighted by molar-refractivity contribution is 6.51. The molecule has 12 rings (SSSR count). The van der Waals surface area contributed by atoms with Crippen LogP contribution in [0.2, 0.25) is 0 Å². The summed E-state index contributed by atoms with van der Waals surface area (Å²) in [6.07, 6.45) is 3.56. The molecule has 2 saturated heterocycles. The molecule has 0 unspecified atom stereocenters. The molecule has 4 aliphatic rings. The van der Waals surface area contributed by atoms with Gasteiger partial charge < -0.3 is 29.6 Å². The minimum atomic E-state index is -0.437. The van der Waals surface area contributed by atoms with E-state index in [1.807, 2.05) is 97.1 Å². The van der Waals surface area contributed by atoms with E-state index in [1.165, 1.54) is 0 Å². The van der Waals surface area contributed by atoms with Gasteiger partial charge in [-0.1, -0.05) is 72.8 Å². The number of anilines is 2. The van der Waals surface area contributed by atoms with Gasteiger partial charge in [0.05, 0.1) is 44.7 Å². The number of benzene rings is 4. The van der Waals surface area contributed by atoms with Crippen molar-refractivity contribution >= 4 is 101 Å². The molecule has 66 heavy (non-hydrogen) atoms. The number of carbonyl (C=O) groups excluding carboxylic acids is 4. The van der Waals surface area contributed by atoms with E-state index in [-0.39, 0.29) is 0 Å². The van der Waals surface area contributed by atoms with Crippen LogP contribution in [0.1, 0.15) is 22.5 Å². The van der Waals surface area contributed by atoms with E-state index >= 15 is 0 Å². The Hall–Kier alpha value is -8.08. The molecule has 16 heteroatoms. The Kier molecular flexibility index (Phi) is 10.2. The van der Waals surface area contributed by atoms with Crippen LogP contribution < -0.4 is 20.4 Å². The second-order valence-electron chi connectivity index (χ2n) is 16.9. The quantitative estimate of drug-likeness (QED) is 0.167. The number of piperazine rings is 2. The number of hydrogen-bond donors (Lipinski definition) is 4. The number of rotatable bonds is 6. The molecular formula is C50H44N12O4.